The molecule has 0 radical (unpaired) electrons. The van der Waals surface area contributed by atoms with Crippen molar-refractivity contribution in [2.45, 2.75) is 18.9 Å². The zero-order valence-corrected chi connectivity index (χ0v) is 8.67. The minimum atomic E-state index is -0.650. The van der Waals surface area contributed by atoms with Crippen molar-refractivity contribution in [3.05, 3.63) is 38.8 Å². The molecule has 86 valence electrons. The number of nitrogens with zero attached hydrogens (tertiary/aromatic N) is 2. The van der Waals surface area contributed by atoms with Crippen LogP contribution in [-0.2, 0) is 4.74 Å². The molecule has 16 heavy (non-hydrogen) atoms. The fraction of sp³-hybridized carbons (Fsp3) is 0.500. The largest absolute Gasteiger partial charge is 0.379 e. The third kappa shape index (κ3) is 1.96. The number of hydrogen-bond donors (Lipinski definition) is 0. The summed E-state index contributed by atoms with van der Waals surface area (Å²) >= 11 is 0. The van der Waals surface area contributed by atoms with Gasteiger partial charge in [0, 0.05) is 18.9 Å². The molecular weight excluding hydrogens is 212 g/mol. The highest BCUT2D eigenvalue weighted by atomic mass is 16.6. The van der Waals surface area contributed by atoms with Gasteiger partial charge in [0.15, 0.2) is 0 Å². The summed E-state index contributed by atoms with van der Waals surface area (Å²) in [5.74, 6) is 0. The minimum absolute atomic E-state index is 0.0823. The van der Waals surface area contributed by atoms with Crippen molar-refractivity contribution >= 4 is 5.69 Å². The van der Waals surface area contributed by atoms with Crippen LogP contribution in [0.3, 0.4) is 0 Å². The number of aromatic nitrogens is 1. The lowest BCUT2D eigenvalue weighted by Gasteiger charge is -2.23. The van der Waals surface area contributed by atoms with Gasteiger partial charge in [0.25, 0.3) is 0 Å². The molecule has 0 bridgehead atoms. The number of nitro groups is 1. The van der Waals surface area contributed by atoms with E-state index >= 15 is 0 Å². The average Bonchev–Trinajstić information content (AvgIpc) is 2.30. The van der Waals surface area contributed by atoms with Crippen molar-refractivity contribution in [3.63, 3.8) is 0 Å². The molecule has 1 fully saturated rings. The number of pyridine rings is 1. The topological polar surface area (TPSA) is 74.4 Å². The van der Waals surface area contributed by atoms with E-state index in [1.54, 1.807) is 6.20 Å². The molecule has 0 N–H and O–H groups in total. The molecule has 1 unspecified atom stereocenters. The highest BCUT2D eigenvalue weighted by molar-refractivity contribution is 5.25. The maximum Gasteiger partial charge on any atom is 0.334 e. The molecule has 1 aliphatic rings. The van der Waals surface area contributed by atoms with Gasteiger partial charge in [-0.1, -0.05) is 0 Å². The Kier molecular flexibility index (Phi) is 3.00. The normalized spacial score (nSPS) is 20.6. The van der Waals surface area contributed by atoms with Crippen LogP contribution in [0.4, 0.5) is 5.69 Å². The highest BCUT2D eigenvalue weighted by Gasteiger charge is 2.21. The van der Waals surface area contributed by atoms with Crippen molar-refractivity contribution in [3.8, 4) is 0 Å². The fourth-order valence-electron chi connectivity index (χ4n) is 1.87. The smallest absolute Gasteiger partial charge is 0.334 e. The van der Waals surface area contributed by atoms with E-state index in [0.29, 0.717) is 13.2 Å². The minimum Gasteiger partial charge on any atom is -0.379 e. The van der Waals surface area contributed by atoms with Crippen molar-refractivity contribution in [2.75, 3.05) is 13.2 Å². The molecule has 1 aromatic rings. The maximum absolute atomic E-state index is 11.8. The van der Waals surface area contributed by atoms with Crippen LogP contribution in [0.15, 0.2) is 23.1 Å². The van der Waals surface area contributed by atoms with Gasteiger partial charge in [-0.2, -0.15) is 0 Å². The van der Waals surface area contributed by atoms with Gasteiger partial charge in [-0.25, -0.2) is 0 Å². The summed E-state index contributed by atoms with van der Waals surface area (Å²) in [6.07, 6.45) is 3.27. The molecule has 1 saturated heterocycles. The standard InChI is InChI=1S/C10H12N2O4/c13-10-9(12(14)15)4-1-5-11(10)8-3-2-6-16-7-8/h1,4-5,8H,2-3,6-7H2. The van der Waals surface area contributed by atoms with Gasteiger partial charge in [-0.3, -0.25) is 14.9 Å². The van der Waals surface area contributed by atoms with Crippen LogP contribution in [0.2, 0.25) is 0 Å². The summed E-state index contributed by atoms with van der Waals surface area (Å²) in [4.78, 5) is 21.7. The zero-order valence-electron chi connectivity index (χ0n) is 8.67. The van der Waals surface area contributed by atoms with Gasteiger partial charge in [-0.05, 0) is 18.9 Å². The van der Waals surface area contributed by atoms with E-state index in [2.05, 4.69) is 0 Å². The van der Waals surface area contributed by atoms with Crippen LogP contribution in [0.1, 0.15) is 18.9 Å². The van der Waals surface area contributed by atoms with Gasteiger partial charge < -0.3 is 9.30 Å². The van der Waals surface area contributed by atoms with Crippen LogP contribution < -0.4 is 5.56 Å². The number of rotatable bonds is 2. The highest BCUT2D eigenvalue weighted by Crippen LogP contribution is 2.18. The van der Waals surface area contributed by atoms with E-state index in [1.807, 2.05) is 0 Å². The first-order valence-corrected chi connectivity index (χ1v) is 5.13. The Balaban J connectivity index is 2.37. The molecule has 0 aliphatic carbocycles. The molecule has 6 nitrogen and oxygen atoms in total. The average molecular weight is 224 g/mol. The Morgan fingerprint density at radius 2 is 2.38 bits per heavy atom. The summed E-state index contributed by atoms with van der Waals surface area (Å²) in [5, 5.41) is 10.6. The Bertz CT molecular complexity index is 448. The summed E-state index contributed by atoms with van der Waals surface area (Å²) in [5.41, 5.74) is -0.934. The van der Waals surface area contributed by atoms with E-state index in [4.69, 9.17) is 4.74 Å². The molecule has 0 saturated carbocycles. The van der Waals surface area contributed by atoms with Crippen LogP contribution in [0.5, 0.6) is 0 Å². The molecule has 0 amide bonds. The maximum atomic E-state index is 11.8. The van der Waals surface area contributed by atoms with Gasteiger partial charge in [0.05, 0.1) is 17.6 Å². The molecule has 1 aliphatic heterocycles. The second kappa shape index (κ2) is 4.44. The molecule has 0 spiro atoms. The first-order chi connectivity index (χ1) is 7.70. The molecule has 1 aromatic heterocycles. The van der Waals surface area contributed by atoms with E-state index < -0.39 is 10.5 Å². The summed E-state index contributed by atoms with van der Waals surface area (Å²) in [7, 11) is 0. The number of hydrogen-bond acceptors (Lipinski definition) is 4. The van der Waals surface area contributed by atoms with Crippen molar-refractivity contribution in [2.24, 2.45) is 0 Å². The van der Waals surface area contributed by atoms with Gasteiger partial charge in [-0.15, -0.1) is 0 Å². The lowest BCUT2D eigenvalue weighted by atomic mass is 10.1. The molecule has 6 heteroatoms. The predicted molar refractivity (Wildman–Crippen MR) is 56.4 cm³/mol. The van der Waals surface area contributed by atoms with Gasteiger partial charge in [0.1, 0.15) is 0 Å². The van der Waals surface area contributed by atoms with Crippen LogP contribution in [0, 0.1) is 10.1 Å². The second-order valence-electron chi connectivity index (χ2n) is 3.73. The van der Waals surface area contributed by atoms with Crippen molar-refractivity contribution in [1.82, 2.24) is 4.57 Å². The molecule has 2 heterocycles. The summed E-state index contributed by atoms with van der Waals surface area (Å²) in [6, 6.07) is 2.66. The first-order valence-electron chi connectivity index (χ1n) is 5.13. The summed E-state index contributed by atoms with van der Waals surface area (Å²) in [6.45, 7) is 1.14. The predicted octanol–water partition coefficient (Wildman–Crippen LogP) is 1.11. The Labute approximate surface area is 91.6 Å². The van der Waals surface area contributed by atoms with E-state index in [-0.39, 0.29) is 11.7 Å². The lowest BCUT2D eigenvalue weighted by Crippen LogP contribution is -2.30. The van der Waals surface area contributed by atoms with Gasteiger partial charge in [0.2, 0.25) is 0 Å². The molecule has 0 aromatic carbocycles. The Morgan fingerprint density at radius 1 is 1.56 bits per heavy atom. The number of ether oxygens (including phenoxy) is 1. The quantitative estimate of drug-likeness (QED) is 0.557. The molecule has 2 rings (SSSR count). The Hall–Kier alpha value is -1.69. The van der Waals surface area contributed by atoms with Crippen LogP contribution in [0.25, 0.3) is 0 Å². The third-order valence-electron chi connectivity index (χ3n) is 2.68. The zero-order chi connectivity index (χ0) is 11.5. The van der Waals surface area contributed by atoms with E-state index in [1.165, 1.54) is 16.7 Å². The molecular formula is C10H12N2O4. The SMILES string of the molecule is O=c1c([N+](=O)[O-])cccn1C1CCCOC1. The third-order valence-corrected chi connectivity index (χ3v) is 2.68. The van der Waals surface area contributed by atoms with E-state index in [9.17, 15) is 14.9 Å². The van der Waals surface area contributed by atoms with E-state index in [0.717, 1.165) is 12.8 Å². The van der Waals surface area contributed by atoms with Crippen molar-refractivity contribution in [1.29, 1.82) is 0 Å². The summed E-state index contributed by atoms with van der Waals surface area (Å²) < 4.78 is 6.66. The fourth-order valence-corrected chi connectivity index (χ4v) is 1.87. The van der Waals surface area contributed by atoms with Crippen LogP contribution in [-0.4, -0.2) is 22.7 Å². The van der Waals surface area contributed by atoms with Crippen molar-refractivity contribution < 1.29 is 9.66 Å². The second-order valence-corrected chi connectivity index (χ2v) is 3.73. The van der Waals surface area contributed by atoms with Gasteiger partial charge >= 0.3 is 11.2 Å². The molecule has 1 atom stereocenters. The van der Waals surface area contributed by atoms with Crippen LogP contribution >= 0.6 is 0 Å². The lowest BCUT2D eigenvalue weighted by molar-refractivity contribution is -0.386. The Morgan fingerprint density at radius 3 is 3.00 bits per heavy atom. The first kappa shape index (κ1) is 10.8. The monoisotopic (exact) mass is 224 g/mol.